The molecule has 0 unspecified atom stereocenters. The first kappa shape index (κ1) is 10.7. The number of hydrogen-bond donors (Lipinski definition) is 1. The predicted molar refractivity (Wildman–Crippen MR) is 50.7 cm³/mol. The third kappa shape index (κ3) is 1.91. The van der Waals surface area contributed by atoms with Crippen LogP contribution in [-0.4, -0.2) is 11.1 Å². The molecule has 0 aliphatic carbocycles. The second kappa shape index (κ2) is 4.20. The molecular formula is C9H5BrFNO2. The van der Waals surface area contributed by atoms with Gasteiger partial charge in [0.25, 0.3) is 0 Å². The molecule has 1 N–H and O–H groups in total. The maximum atomic E-state index is 12.9. The van der Waals surface area contributed by atoms with Crippen molar-refractivity contribution < 1.29 is 14.3 Å². The lowest BCUT2D eigenvalue weighted by atomic mass is 10.0. The Balaban J connectivity index is 3.50. The largest absolute Gasteiger partial charge is 0.478 e. The molecule has 0 aliphatic rings. The van der Waals surface area contributed by atoms with Crippen LogP contribution in [0.25, 0.3) is 0 Å². The Kier molecular flexibility index (Phi) is 3.20. The van der Waals surface area contributed by atoms with Gasteiger partial charge in [0, 0.05) is 5.33 Å². The van der Waals surface area contributed by atoms with Crippen LogP contribution in [0.2, 0.25) is 0 Å². The molecule has 72 valence electrons. The average Bonchev–Trinajstić information content (AvgIpc) is 2.15. The molecule has 0 heterocycles. The van der Waals surface area contributed by atoms with E-state index < -0.39 is 11.8 Å². The summed E-state index contributed by atoms with van der Waals surface area (Å²) >= 11 is 3.03. The van der Waals surface area contributed by atoms with Crippen molar-refractivity contribution in [2.45, 2.75) is 5.33 Å². The van der Waals surface area contributed by atoms with Gasteiger partial charge in [-0.2, -0.15) is 5.26 Å². The van der Waals surface area contributed by atoms with Crippen molar-refractivity contribution in [3.8, 4) is 6.07 Å². The number of aromatic carboxylic acids is 1. The first-order valence-corrected chi connectivity index (χ1v) is 4.74. The van der Waals surface area contributed by atoms with Crippen molar-refractivity contribution >= 4 is 21.9 Å². The standard InChI is InChI=1S/C9H5BrFNO2/c10-3-5-1-7(11)2-6(4-12)8(5)9(13)14/h1-2H,3H2,(H,13,14). The van der Waals surface area contributed by atoms with Gasteiger partial charge in [-0.25, -0.2) is 9.18 Å². The summed E-state index contributed by atoms with van der Waals surface area (Å²) in [4.78, 5) is 10.8. The molecule has 0 saturated heterocycles. The molecule has 0 aromatic heterocycles. The average molecular weight is 258 g/mol. The fourth-order valence-corrected chi connectivity index (χ4v) is 1.55. The molecule has 0 atom stereocenters. The van der Waals surface area contributed by atoms with E-state index in [4.69, 9.17) is 10.4 Å². The van der Waals surface area contributed by atoms with Gasteiger partial charge in [0.05, 0.1) is 11.1 Å². The van der Waals surface area contributed by atoms with Crippen molar-refractivity contribution in [3.63, 3.8) is 0 Å². The smallest absolute Gasteiger partial charge is 0.337 e. The van der Waals surface area contributed by atoms with Gasteiger partial charge in [-0.05, 0) is 17.7 Å². The minimum atomic E-state index is -1.23. The molecule has 0 bridgehead atoms. The number of rotatable bonds is 2. The Morgan fingerprint density at radius 1 is 1.64 bits per heavy atom. The van der Waals surface area contributed by atoms with Gasteiger partial charge in [0.15, 0.2) is 0 Å². The Morgan fingerprint density at radius 3 is 2.71 bits per heavy atom. The second-order valence-electron chi connectivity index (χ2n) is 2.54. The minimum absolute atomic E-state index is 0.147. The van der Waals surface area contributed by atoms with E-state index in [-0.39, 0.29) is 22.0 Å². The number of nitrogens with zero attached hydrogens (tertiary/aromatic N) is 1. The maximum absolute atomic E-state index is 12.9. The number of nitriles is 1. The molecule has 0 aliphatic heterocycles. The predicted octanol–water partition coefficient (Wildman–Crippen LogP) is 2.29. The SMILES string of the molecule is N#Cc1cc(F)cc(CBr)c1C(=O)O. The molecule has 1 aromatic carbocycles. The van der Waals surface area contributed by atoms with E-state index in [2.05, 4.69) is 15.9 Å². The lowest BCUT2D eigenvalue weighted by molar-refractivity contribution is 0.0695. The van der Waals surface area contributed by atoms with E-state index in [0.717, 1.165) is 12.1 Å². The van der Waals surface area contributed by atoms with Crippen molar-refractivity contribution in [1.82, 2.24) is 0 Å². The third-order valence-electron chi connectivity index (χ3n) is 1.66. The summed E-state index contributed by atoms with van der Waals surface area (Å²) in [5, 5.41) is 17.6. The van der Waals surface area contributed by atoms with Crippen LogP contribution in [-0.2, 0) is 5.33 Å². The van der Waals surface area contributed by atoms with Gasteiger partial charge < -0.3 is 5.11 Å². The molecule has 0 radical (unpaired) electrons. The van der Waals surface area contributed by atoms with Crippen LogP contribution in [0.5, 0.6) is 0 Å². The lowest BCUT2D eigenvalue weighted by Crippen LogP contribution is -2.05. The fourth-order valence-electron chi connectivity index (χ4n) is 1.11. The van der Waals surface area contributed by atoms with E-state index in [1.807, 2.05) is 0 Å². The van der Waals surface area contributed by atoms with E-state index in [9.17, 15) is 9.18 Å². The summed E-state index contributed by atoms with van der Waals surface area (Å²) in [6, 6.07) is 3.66. The topological polar surface area (TPSA) is 61.1 Å². The van der Waals surface area contributed by atoms with Crippen LogP contribution >= 0.6 is 15.9 Å². The highest BCUT2D eigenvalue weighted by atomic mass is 79.9. The van der Waals surface area contributed by atoms with E-state index >= 15 is 0 Å². The van der Waals surface area contributed by atoms with Gasteiger partial charge in [-0.1, -0.05) is 15.9 Å². The Morgan fingerprint density at radius 2 is 2.29 bits per heavy atom. The zero-order valence-corrected chi connectivity index (χ0v) is 8.51. The summed E-state index contributed by atoms with van der Waals surface area (Å²) in [7, 11) is 0. The summed E-state index contributed by atoms with van der Waals surface area (Å²) in [5.74, 6) is -1.84. The van der Waals surface area contributed by atoms with Gasteiger partial charge in [-0.3, -0.25) is 0 Å². The molecule has 14 heavy (non-hydrogen) atoms. The maximum Gasteiger partial charge on any atom is 0.337 e. The number of carboxylic acid groups (broad SMARTS) is 1. The highest BCUT2D eigenvalue weighted by molar-refractivity contribution is 9.08. The fraction of sp³-hybridized carbons (Fsp3) is 0.111. The molecule has 0 saturated carbocycles. The van der Waals surface area contributed by atoms with E-state index in [1.54, 1.807) is 6.07 Å². The van der Waals surface area contributed by atoms with Crippen LogP contribution in [0.4, 0.5) is 4.39 Å². The molecule has 1 rings (SSSR count). The first-order chi connectivity index (χ1) is 6.60. The van der Waals surface area contributed by atoms with Gasteiger partial charge in [0.1, 0.15) is 11.9 Å². The summed E-state index contributed by atoms with van der Waals surface area (Å²) in [5.41, 5.74) is -0.0493. The monoisotopic (exact) mass is 257 g/mol. The molecular weight excluding hydrogens is 253 g/mol. The Labute approximate surface area is 87.9 Å². The number of carbonyl (C=O) groups is 1. The molecule has 0 spiro atoms. The summed E-state index contributed by atoms with van der Waals surface area (Å²) < 4.78 is 12.9. The number of hydrogen-bond acceptors (Lipinski definition) is 2. The number of carboxylic acids is 1. The summed E-state index contributed by atoms with van der Waals surface area (Å²) in [6.45, 7) is 0. The van der Waals surface area contributed by atoms with Gasteiger partial charge in [0.2, 0.25) is 0 Å². The highest BCUT2D eigenvalue weighted by Gasteiger charge is 2.16. The quantitative estimate of drug-likeness (QED) is 0.828. The number of alkyl halides is 1. The minimum Gasteiger partial charge on any atom is -0.478 e. The van der Waals surface area contributed by atoms with Crippen molar-refractivity contribution in [3.05, 3.63) is 34.6 Å². The van der Waals surface area contributed by atoms with Crippen molar-refractivity contribution in [2.24, 2.45) is 0 Å². The van der Waals surface area contributed by atoms with Crippen LogP contribution in [0.1, 0.15) is 21.5 Å². The van der Waals surface area contributed by atoms with E-state index in [1.165, 1.54) is 0 Å². The van der Waals surface area contributed by atoms with Gasteiger partial charge >= 0.3 is 5.97 Å². The normalized spacial score (nSPS) is 9.50. The number of halogens is 2. The van der Waals surface area contributed by atoms with Crippen LogP contribution in [0, 0.1) is 17.1 Å². The molecule has 3 nitrogen and oxygen atoms in total. The highest BCUT2D eigenvalue weighted by Crippen LogP contribution is 2.19. The molecule has 0 amide bonds. The molecule has 0 fully saturated rings. The van der Waals surface area contributed by atoms with Crippen molar-refractivity contribution in [2.75, 3.05) is 0 Å². The van der Waals surface area contributed by atoms with Gasteiger partial charge in [-0.15, -0.1) is 0 Å². The second-order valence-corrected chi connectivity index (χ2v) is 3.10. The lowest BCUT2D eigenvalue weighted by Gasteiger charge is -2.04. The number of benzene rings is 1. The Bertz CT molecular complexity index is 426. The summed E-state index contributed by atoms with van der Waals surface area (Å²) in [6.07, 6.45) is 0. The molecule has 5 heteroatoms. The first-order valence-electron chi connectivity index (χ1n) is 3.62. The van der Waals surface area contributed by atoms with Crippen LogP contribution in [0.15, 0.2) is 12.1 Å². The zero-order chi connectivity index (χ0) is 10.7. The zero-order valence-electron chi connectivity index (χ0n) is 6.92. The van der Waals surface area contributed by atoms with E-state index in [0.29, 0.717) is 0 Å². The molecule has 1 aromatic rings. The third-order valence-corrected chi connectivity index (χ3v) is 2.27. The van der Waals surface area contributed by atoms with Crippen LogP contribution in [0.3, 0.4) is 0 Å². The van der Waals surface area contributed by atoms with Crippen LogP contribution < -0.4 is 0 Å². The Hall–Kier alpha value is -1.41. The van der Waals surface area contributed by atoms with Crippen molar-refractivity contribution in [1.29, 1.82) is 5.26 Å².